The second kappa shape index (κ2) is 7.38. The van der Waals surface area contributed by atoms with Crippen LogP contribution in [-0.2, 0) is 9.59 Å². The molecule has 8 heteroatoms. The van der Waals surface area contributed by atoms with Gasteiger partial charge in [0.15, 0.2) is 0 Å². The SMILES string of the molecule is COc1ccc(-c2nn3c(c2C)NC(=O)CC3C(=O)Nc2ccccc2F)cc1. The Hall–Kier alpha value is -3.68. The molecule has 148 valence electrons. The summed E-state index contributed by atoms with van der Waals surface area (Å²) < 4.78 is 20.6. The van der Waals surface area contributed by atoms with Crippen LogP contribution in [-0.4, -0.2) is 28.7 Å². The molecule has 0 aliphatic carbocycles. The Morgan fingerprint density at radius 3 is 2.66 bits per heavy atom. The third kappa shape index (κ3) is 3.44. The van der Waals surface area contributed by atoms with Crippen molar-refractivity contribution in [2.24, 2.45) is 0 Å². The Morgan fingerprint density at radius 2 is 1.97 bits per heavy atom. The van der Waals surface area contributed by atoms with Crippen molar-refractivity contribution in [3.63, 3.8) is 0 Å². The van der Waals surface area contributed by atoms with Gasteiger partial charge in [-0.25, -0.2) is 9.07 Å². The Morgan fingerprint density at radius 1 is 1.24 bits per heavy atom. The number of nitrogens with one attached hydrogen (secondary N) is 2. The number of methoxy groups -OCH3 is 1. The topological polar surface area (TPSA) is 85.2 Å². The summed E-state index contributed by atoms with van der Waals surface area (Å²) in [6.07, 6.45) is -0.0868. The fraction of sp³-hybridized carbons (Fsp3) is 0.190. The number of hydrogen-bond acceptors (Lipinski definition) is 4. The van der Waals surface area contributed by atoms with Gasteiger partial charge < -0.3 is 15.4 Å². The number of amides is 2. The van der Waals surface area contributed by atoms with Crippen molar-refractivity contribution < 1.29 is 18.7 Å². The van der Waals surface area contributed by atoms with Gasteiger partial charge in [0.1, 0.15) is 23.4 Å². The van der Waals surface area contributed by atoms with Gasteiger partial charge in [0.05, 0.1) is 24.9 Å². The number of nitrogens with zero attached hydrogens (tertiary/aromatic N) is 2. The molecule has 0 radical (unpaired) electrons. The molecule has 1 atom stereocenters. The molecule has 7 nitrogen and oxygen atoms in total. The maximum atomic E-state index is 13.9. The third-order valence-electron chi connectivity index (χ3n) is 4.88. The summed E-state index contributed by atoms with van der Waals surface area (Å²) in [5.74, 6) is -0.172. The van der Waals surface area contributed by atoms with Gasteiger partial charge in [-0.1, -0.05) is 12.1 Å². The van der Waals surface area contributed by atoms with Crippen LogP contribution in [0.25, 0.3) is 11.3 Å². The van der Waals surface area contributed by atoms with E-state index in [9.17, 15) is 14.0 Å². The normalized spacial score (nSPS) is 15.4. The van der Waals surface area contributed by atoms with E-state index in [0.717, 1.165) is 11.1 Å². The third-order valence-corrected chi connectivity index (χ3v) is 4.88. The lowest BCUT2D eigenvalue weighted by Gasteiger charge is -2.24. The number of benzene rings is 2. The molecule has 2 amide bonds. The number of aromatic nitrogens is 2. The molecule has 4 rings (SSSR count). The molecule has 2 aromatic carbocycles. The van der Waals surface area contributed by atoms with Crippen molar-refractivity contribution in [2.75, 3.05) is 17.7 Å². The fourth-order valence-corrected chi connectivity index (χ4v) is 3.34. The fourth-order valence-electron chi connectivity index (χ4n) is 3.34. The van der Waals surface area contributed by atoms with Gasteiger partial charge in [0, 0.05) is 11.1 Å². The smallest absolute Gasteiger partial charge is 0.249 e. The molecule has 0 fully saturated rings. The summed E-state index contributed by atoms with van der Waals surface area (Å²) in [4.78, 5) is 25.1. The van der Waals surface area contributed by atoms with E-state index >= 15 is 0 Å². The predicted octanol–water partition coefficient (Wildman–Crippen LogP) is 3.53. The summed E-state index contributed by atoms with van der Waals surface area (Å²) in [7, 11) is 1.59. The van der Waals surface area contributed by atoms with Crippen molar-refractivity contribution >= 4 is 23.3 Å². The van der Waals surface area contributed by atoms with Gasteiger partial charge >= 0.3 is 0 Å². The number of hydrogen-bond donors (Lipinski definition) is 2. The first-order chi connectivity index (χ1) is 14.0. The summed E-state index contributed by atoms with van der Waals surface area (Å²) in [5.41, 5.74) is 2.28. The largest absolute Gasteiger partial charge is 0.497 e. The Balaban J connectivity index is 1.70. The second-order valence-corrected chi connectivity index (χ2v) is 6.73. The highest BCUT2D eigenvalue weighted by Crippen LogP contribution is 2.35. The number of halogens is 1. The van der Waals surface area contributed by atoms with Crippen LogP contribution in [0, 0.1) is 12.7 Å². The van der Waals surface area contributed by atoms with E-state index in [1.807, 2.05) is 31.2 Å². The number of para-hydroxylation sites is 1. The molecule has 29 heavy (non-hydrogen) atoms. The number of carbonyl (C=O) groups excluding carboxylic acids is 2. The first kappa shape index (κ1) is 18.7. The van der Waals surface area contributed by atoms with Crippen LogP contribution in [0.5, 0.6) is 5.75 Å². The van der Waals surface area contributed by atoms with Crippen molar-refractivity contribution in [3.8, 4) is 17.0 Å². The number of ether oxygens (including phenoxy) is 1. The minimum Gasteiger partial charge on any atom is -0.497 e. The summed E-state index contributed by atoms with van der Waals surface area (Å²) in [6, 6.07) is 12.3. The minimum atomic E-state index is -0.885. The molecule has 0 spiro atoms. The van der Waals surface area contributed by atoms with E-state index in [1.54, 1.807) is 13.2 Å². The quantitative estimate of drug-likeness (QED) is 0.709. The molecule has 1 aliphatic rings. The molecule has 0 saturated heterocycles. The van der Waals surface area contributed by atoms with Crippen molar-refractivity contribution in [2.45, 2.75) is 19.4 Å². The standard InChI is InChI=1S/C21H19FN4O3/c1-12-19(13-7-9-14(29-2)10-8-13)25-26-17(11-18(27)24-20(12)26)21(28)23-16-6-4-3-5-15(16)22/h3-10,17H,11H2,1-2H3,(H,23,28)(H,24,27). The van der Waals surface area contributed by atoms with E-state index in [-0.39, 0.29) is 18.0 Å². The van der Waals surface area contributed by atoms with E-state index in [0.29, 0.717) is 17.3 Å². The Bertz CT molecular complexity index is 1090. The molecular weight excluding hydrogens is 375 g/mol. The lowest BCUT2D eigenvalue weighted by Crippen LogP contribution is -2.36. The van der Waals surface area contributed by atoms with Gasteiger partial charge in [-0.2, -0.15) is 5.10 Å². The lowest BCUT2D eigenvalue weighted by atomic mass is 10.1. The minimum absolute atomic E-state index is 0.0595. The zero-order chi connectivity index (χ0) is 20.5. The van der Waals surface area contributed by atoms with Gasteiger partial charge in [0.2, 0.25) is 11.8 Å². The van der Waals surface area contributed by atoms with E-state index in [1.165, 1.54) is 22.9 Å². The monoisotopic (exact) mass is 394 g/mol. The molecule has 3 aromatic rings. The first-order valence-corrected chi connectivity index (χ1v) is 9.06. The van der Waals surface area contributed by atoms with Crippen molar-refractivity contribution in [3.05, 3.63) is 59.9 Å². The maximum Gasteiger partial charge on any atom is 0.249 e. The number of fused-ring (bicyclic) bond motifs is 1. The molecule has 0 saturated carbocycles. The first-order valence-electron chi connectivity index (χ1n) is 9.06. The highest BCUT2D eigenvalue weighted by atomic mass is 19.1. The average Bonchev–Trinajstić information content (AvgIpc) is 3.05. The van der Waals surface area contributed by atoms with Crippen molar-refractivity contribution in [1.29, 1.82) is 0 Å². The number of carbonyl (C=O) groups is 2. The summed E-state index contributed by atoms with van der Waals surface area (Å²) in [5, 5.41) is 9.92. The van der Waals surface area contributed by atoms with E-state index in [4.69, 9.17) is 4.74 Å². The van der Waals surface area contributed by atoms with E-state index in [2.05, 4.69) is 15.7 Å². The Kier molecular flexibility index (Phi) is 4.75. The molecule has 2 heterocycles. The highest BCUT2D eigenvalue weighted by Gasteiger charge is 2.34. The zero-order valence-electron chi connectivity index (χ0n) is 15.9. The molecular formula is C21H19FN4O3. The van der Waals surface area contributed by atoms with Gasteiger partial charge in [-0.15, -0.1) is 0 Å². The van der Waals surface area contributed by atoms with Crippen LogP contribution in [0.3, 0.4) is 0 Å². The van der Waals surface area contributed by atoms with Crippen LogP contribution >= 0.6 is 0 Å². The van der Waals surface area contributed by atoms with E-state index < -0.39 is 17.8 Å². The van der Waals surface area contributed by atoms with Gasteiger partial charge in [-0.3, -0.25) is 9.59 Å². The van der Waals surface area contributed by atoms with Crippen LogP contribution in [0.4, 0.5) is 15.9 Å². The second-order valence-electron chi connectivity index (χ2n) is 6.73. The molecule has 1 aliphatic heterocycles. The summed E-state index contributed by atoms with van der Waals surface area (Å²) in [6.45, 7) is 1.83. The maximum absolute atomic E-state index is 13.9. The van der Waals surface area contributed by atoms with Gasteiger partial charge in [-0.05, 0) is 43.3 Å². The van der Waals surface area contributed by atoms with Crippen LogP contribution in [0.2, 0.25) is 0 Å². The molecule has 1 aromatic heterocycles. The zero-order valence-corrected chi connectivity index (χ0v) is 15.9. The number of anilines is 2. The van der Waals surface area contributed by atoms with Crippen molar-refractivity contribution in [1.82, 2.24) is 9.78 Å². The predicted molar refractivity (Wildman–Crippen MR) is 106 cm³/mol. The molecule has 1 unspecified atom stereocenters. The van der Waals surface area contributed by atoms with Crippen LogP contribution in [0.15, 0.2) is 48.5 Å². The van der Waals surface area contributed by atoms with Crippen LogP contribution in [0.1, 0.15) is 18.0 Å². The average molecular weight is 394 g/mol. The lowest BCUT2D eigenvalue weighted by molar-refractivity contribution is -0.125. The summed E-state index contributed by atoms with van der Waals surface area (Å²) >= 11 is 0. The molecule has 2 N–H and O–H groups in total. The van der Waals surface area contributed by atoms with Crippen LogP contribution < -0.4 is 15.4 Å². The Labute approximate surface area is 166 Å². The highest BCUT2D eigenvalue weighted by molar-refractivity contribution is 6.02. The molecule has 0 bridgehead atoms. The van der Waals surface area contributed by atoms with Gasteiger partial charge in [0.25, 0.3) is 0 Å². The number of rotatable bonds is 4.